The number of hydrogen-bond acceptors (Lipinski definition) is 8. The summed E-state index contributed by atoms with van der Waals surface area (Å²) in [7, 11) is 1.60. The summed E-state index contributed by atoms with van der Waals surface area (Å²) in [6, 6.07) is 22.9. The third-order valence-corrected chi connectivity index (χ3v) is 6.08. The lowest BCUT2D eigenvalue weighted by Gasteiger charge is -2.10. The molecule has 0 aliphatic heterocycles. The van der Waals surface area contributed by atoms with Crippen LogP contribution in [0.25, 0.3) is 17.1 Å². The topological polar surface area (TPSA) is 125 Å². The molecule has 0 unspecified atom stereocenters. The fraction of sp³-hybridized carbons (Fsp3) is 0.120. The van der Waals surface area contributed by atoms with Gasteiger partial charge in [0.2, 0.25) is 0 Å². The molecule has 182 valence electrons. The molecule has 4 aromatic rings. The zero-order chi connectivity index (χ0) is 25.5. The van der Waals surface area contributed by atoms with Crippen LogP contribution in [0.5, 0.6) is 5.75 Å². The lowest BCUT2D eigenvalue weighted by Crippen LogP contribution is -2.21. The first-order valence-electron chi connectivity index (χ1n) is 10.8. The predicted octanol–water partition coefficient (Wildman–Crippen LogP) is 4.48. The number of amides is 1. The molecule has 1 N–H and O–H groups in total. The number of thioether (sulfide) groups is 1. The van der Waals surface area contributed by atoms with E-state index in [-0.39, 0.29) is 17.3 Å². The van der Waals surface area contributed by atoms with Crippen LogP contribution in [-0.2, 0) is 4.79 Å². The first kappa shape index (κ1) is 24.6. The van der Waals surface area contributed by atoms with E-state index in [2.05, 4.69) is 20.7 Å². The number of methoxy groups -OCH3 is 1. The molecule has 0 aliphatic carbocycles. The van der Waals surface area contributed by atoms with Crippen LogP contribution in [0, 0.1) is 10.1 Å². The van der Waals surface area contributed by atoms with Crippen molar-refractivity contribution in [3.05, 3.63) is 94.5 Å². The van der Waals surface area contributed by atoms with E-state index in [1.165, 1.54) is 23.9 Å². The van der Waals surface area contributed by atoms with Gasteiger partial charge in [0, 0.05) is 23.4 Å². The summed E-state index contributed by atoms with van der Waals surface area (Å²) in [5.74, 6) is 0.895. The first-order valence-corrected chi connectivity index (χ1v) is 11.8. The lowest BCUT2D eigenvalue weighted by molar-refractivity contribution is -0.384. The second-order valence-corrected chi connectivity index (χ2v) is 8.48. The van der Waals surface area contributed by atoms with Gasteiger partial charge in [-0.05, 0) is 48.9 Å². The number of aromatic nitrogens is 3. The molecule has 0 saturated heterocycles. The van der Waals surface area contributed by atoms with Gasteiger partial charge in [0.25, 0.3) is 11.6 Å². The Morgan fingerprint density at radius 2 is 1.83 bits per heavy atom. The van der Waals surface area contributed by atoms with E-state index >= 15 is 0 Å². The minimum absolute atomic E-state index is 0.0410. The van der Waals surface area contributed by atoms with Crippen LogP contribution >= 0.6 is 11.8 Å². The number of non-ortho nitro benzene ring substituents is 1. The molecule has 1 amide bonds. The number of carbonyl (C=O) groups is 1. The summed E-state index contributed by atoms with van der Waals surface area (Å²) in [5, 5.41) is 24.4. The van der Waals surface area contributed by atoms with Gasteiger partial charge in [-0.1, -0.05) is 42.1 Å². The second kappa shape index (κ2) is 11.3. The van der Waals surface area contributed by atoms with Crippen molar-refractivity contribution in [2.75, 3.05) is 12.9 Å². The van der Waals surface area contributed by atoms with Gasteiger partial charge >= 0.3 is 0 Å². The Kier molecular flexibility index (Phi) is 7.71. The Labute approximate surface area is 211 Å². The van der Waals surface area contributed by atoms with Crippen molar-refractivity contribution in [3.8, 4) is 22.8 Å². The van der Waals surface area contributed by atoms with Gasteiger partial charge in [-0.25, -0.2) is 5.43 Å². The summed E-state index contributed by atoms with van der Waals surface area (Å²) >= 11 is 1.19. The molecule has 0 fully saturated rings. The maximum absolute atomic E-state index is 12.5. The Balaban J connectivity index is 1.52. The molecule has 0 saturated carbocycles. The summed E-state index contributed by atoms with van der Waals surface area (Å²) in [6.45, 7) is 1.80. The maximum Gasteiger partial charge on any atom is 0.270 e. The fourth-order valence-corrected chi connectivity index (χ4v) is 4.07. The molecule has 0 radical (unpaired) electrons. The van der Waals surface area contributed by atoms with Crippen LogP contribution in [0.3, 0.4) is 0 Å². The number of rotatable bonds is 9. The van der Waals surface area contributed by atoms with Gasteiger partial charge in [0.15, 0.2) is 11.0 Å². The first-order chi connectivity index (χ1) is 17.5. The van der Waals surface area contributed by atoms with Gasteiger partial charge in [-0.15, -0.1) is 10.2 Å². The molecule has 3 aromatic carbocycles. The Bertz CT molecular complexity index is 1400. The van der Waals surface area contributed by atoms with E-state index in [1.807, 2.05) is 54.6 Å². The smallest absolute Gasteiger partial charge is 0.270 e. The van der Waals surface area contributed by atoms with Gasteiger partial charge in [-0.2, -0.15) is 5.10 Å². The Morgan fingerprint density at radius 1 is 1.08 bits per heavy atom. The lowest BCUT2D eigenvalue weighted by atomic mass is 10.1. The number of benzene rings is 3. The molecule has 0 bridgehead atoms. The summed E-state index contributed by atoms with van der Waals surface area (Å²) < 4.78 is 6.92. The molecular formula is C25H22N6O4S. The van der Waals surface area contributed by atoms with E-state index in [0.29, 0.717) is 22.3 Å². The SMILES string of the molecule is COc1ccc(/C(C)=N\NC(=O)CSc2nnc(-c3cccc([N+](=O)[O-])c3)n2-c2ccccc2)cc1. The molecular weight excluding hydrogens is 480 g/mol. The zero-order valence-electron chi connectivity index (χ0n) is 19.5. The average Bonchev–Trinajstić information content (AvgIpc) is 3.35. The summed E-state index contributed by atoms with van der Waals surface area (Å²) in [5.41, 5.74) is 5.32. The van der Waals surface area contributed by atoms with Crippen molar-refractivity contribution in [2.45, 2.75) is 12.1 Å². The van der Waals surface area contributed by atoms with Gasteiger partial charge in [0.05, 0.1) is 23.5 Å². The number of carbonyl (C=O) groups excluding carboxylic acids is 1. The monoisotopic (exact) mass is 502 g/mol. The molecule has 10 nitrogen and oxygen atoms in total. The summed E-state index contributed by atoms with van der Waals surface area (Å²) in [6.07, 6.45) is 0. The Morgan fingerprint density at radius 3 is 2.53 bits per heavy atom. The maximum atomic E-state index is 12.5. The molecule has 4 rings (SSSR count). The highest BCUT2D eigenvalue weighted by Gasteiger charge is 2.19. The minimum atomic E-state index is -0.457. The number of ether oxygens (including phenoxy) is 1. The zero-order valence-corrected chi connectivity index (χ0v) is 20.3. The minimum Gasteiger partial charge on any atom is -0.497 e. The quantitative estimate of drug-likeness (QED) is 0.155. The number of hydrazone groups is 1. The van der Waals surface area contributed by atoms with Crippen LogP contribution < -0.4 is 10.2 Å². The highest BCUT2D eigenvalue weighted by Crippen LogP contribution is 2.29. The van der Waals surface area contributed by atoms with Crippen molar-refractivity contribution in [3.63, 3.8) is 0 Å². The van der Waals surface area contributed by atoms with Crippen LogP contribution in [0.15, 0.2) is 89.1 Å². The van der Waals surface area contributed by atoms with E-state index in [4.69, 9.17) is 4.74 Å². The van der Waals surface area contributed by atoms with Crippen molar-refractivity contribution in [1.82, 2.24) is 20.2 Å². The second-order valence-electron chi connectivity index (χ2n) is 7.53. The average molecular weight is 503 g/mol. The highest BCUT2D eigenvalue weighted by atomic mass is 32.2. The largest absolute Gasteiger partial charge is 0.497 e. The number of nitrogens with one attached hydrogen (secondary N) is 1. The van der Waals surface area contributed by atoms with E-state index in [0.717, 1.165) is 17.0 Å². The number of nitrogens with zero attached hydrogens (tertiary/aromatic N) is 5. The van der Waals surface area contributed by atoms with E-state index in [1.54, 1.807) is 30.7 Å². The van der Waals surface area contributed by atoms with Gasteiger partial charge in [0.1, 0.15) is 5.75 Å². The van der Waals surface area contributed by atoms with E-state index < -0.39 is 4.92 Å². The van der Waals surface area contributed by atoms with E-state index in [9.17, 15) is 14.9 Å². The number of para-hydroxylation sites is 1. The third kappa shape index (κ3) is 5.76. The molecule has 1 aromatic heterocycles. The van der Waals surface area contributed by atoms with Gasteiger partial charge < -0.3 is 4.74 Å². The fourth-order valence-electron chi connectivity index (χ4n) is 3.32. The Hall–Kier alpha value is -4.51. The third-order valence-electron chi connectivity index (χ3n) is 5.15. The summed E-state index contributed by atoms with van der Waals surface area (Å²) in [4.78, 5) is 23.3. The number of nitro groups is 1. The van der Waals surface area contributed by atoms with Gasteiger partial charge in [-0.3, -0.25) is 19.5 Å². The molecule has 1 heterocycles. The molecule has 0 aliphatic rings. The van der Waals surface area contributed by atoms with Crippen molar-refractivity contribution < 1.29 is 14.5 Å². The predicted molar refractivity (Wildman–Crippen MR) is 138 cm³/mol. The van der Waals surface area contributed by atoms with Crippen molar-refractivity contribution >= 4 is 29.1 Å². The van der Waals surface area contributed by atoms with Crippen LogP contribution in [-0.4, -0.2) is 44.2 Å². The number of nitro benzene ring substituents is 1. The standard InChI is InChI=1S/C25H22N6O4S/c1-17(18-11-13-22(35-2)14-12-18)26-27-23(32)16-36-25-29-28-24(30(25)20-8-4-3-5-9-20)19-7-6-10-21(15-19)31(33)34/h3-15H,16H2,1-2H3,(H,27,32)/b26-17-. The molecule has 11 heteroatoms. The van der Waals surface area contributed by atoms with Crippen molar-refractivity contribution in [2.24, 2.45) is 5.10 Å². The normalized spacial score (nSPS) is 11.2. The van der Waals surface area contributed by atoms with Crippen LogP contribution in [0.4, 0.5) is 5.69 Å². The molecule has 0 atom stereocenters. The highest BCUT2D eigenvalue weighted by molar-refractivity contribution is 7.99. The number of hydrogen-bond donors (Lipinski definition) is 1. The van der Waals surface area contributed by atoms with Crippen molar-refractivity contribution in [1.29, 1.82) is 0 Å². The molecule has 36 heavy (non-hydrogen) atoms. The van der Waals surface area contributed by atoms with Crippen LogP contribution in [0.1, 0.15) is 12.5 Å². The van der Waals surface area contributed by atoms with Crippen LogP contribution in [0.2, 0.25) is 0 Å². The molecule has 0 spiro atoms.